The van der Waals surface area contributed by atoms with Crippen LogP contribution in [0.15, 0.2) is 18.2 Å². The van der Waals surface area contributed by atoms with Crippen LogP contribution in [0.2, 0.25) is 0 Å². The minimum Gasteiger partial charge on any atom is -0.340 e. The Bertz CT molecular complexity index is 571. The van der Waals surface area contributed by atoms with Gasteiger partial charge in [0.2, 0.25) is 0 Å². The first kappa shape index (κ1) is 21.1. The van der Waals surface area contributed by atoms with Crippen molar-refractivity contribution < 1.29 is 9.80 Å². The summed E-state index contributed by atoms with van der Waals surface area (Å²) in [6.07, 6.45) is 2.45. The molecule has 0 bridgehead atoms. The van der Waals surface area contributed by atoms with Gasteiger partial charge in [-0.25, -0.2) is 0 Å². The lowest BCUT2D eigenvalue weighted by atomic mass is 10.0. The average molecular weight is 379 g/mol. The van der Waals surface area contributed by atoms with Gasteiger partial charge in [-0.1, -0.05) is 6.07 Å². The predicted octanol–water partition coefficient (Wildman–Crippen LogP) is 0.902. The summed E-state index contributed by atoms with van der Waals surface area (Å²) in [6.45, 7) is 13.5. The standard InChI is InChI=1S/C21H36N4S/c1-16(2)24-9-7-20(8-10-24)25(12-11-23(5)6)21(26)22-19-14-17(3)13-18(4)15-19/h13-16,20H,7-12H2,1-6H3,(H,22,26)/p+2. The van der Waals surface area contributed by atoms with Gasteiger partial charge in [0.1, 0.15) is 0 Å². The molecule has 1 aromatic rings. The molecule has 1 aromatic carbocycles. The van der Waals surface area contributed by atoms with Crippen LogP contribution < -0.4 is 15.1 Å². The average Bonchev–Trinajstić information content (AvgIpc) is 2.54. The van der Waals surface area contributed by atoms with Crippen LogP contribution in [-0.2, 0) is 0 Å². The number of aryl methyl sites for hydroxylation is 2. The topological polar surface area (TPSA) is 24.2 Å². The highest BCUT2D eigenvalue weighted by atomic mass is 32.1. The van der Waals surface area contributed by atoms with Crippen LogP contribution in [0.1, 0.15) is 37.8 Å². The van der Waals surface area contributed by atoms with Crippen molar-refractivity contribution in [2.24, 2.45) is 0 Å². The van der Waals surface area contributed by atoms with Gasteiger partial charge in [-0.3, -0.25) is 0 Å². The zero-order valence-corrected chi connectivity index (χ0v) is 18.3. The van der Waals surface area contributed by atoms with E-state index in [4.69, 9.17) is 12.2 Å². The van der Waals surface area contributed by atoms with E-state index in [9.17, 15) is 0 Å². The number of thiocarbonyl (C=S) groups is 1. The lowest BCUT2D eigenvalue weighted by Crippen LogP contribution is -3.16. The molecular formula is C21H38N4S+2. The smallest absolute Gasteiger partial charge is 0.173 e. The van der Waals surface area contributed by atoms with Gasteiger partial charge >= 0.3 is 0 Å². The Morgan fingerprint density at radius 3 is 2.27 bits per heavy atom. The summed E-state index contributed by atoms with van der Waals surface area (Å²) in [6, 6.07) is 7.84. The van der Waals surface area contributed by atoms with Gasteiger partial charge in [0, 0.05) is 24.6 Å². The predicted molar refractivity (Wildman–Crippen MR) is 115 cm³/mol. The fourth-order valence-electron chi connectivity index (χ4n) is 3.90. The second-order valence-corrected chi connectivity index (χ2v) is 8.89. The third-order valence-electron chi connectivity index (χ3n) is 5.44. The number of benzene rings is 1. The highest BCUT2D eigenvalue weighted by molar-refractivity contribution is 7.80. The minimum atomic E-state index is 0.558. The van der Waals surface area contributed by atoms with E-state index in [2.05, 4.69) is 70.2 Å². The number of nitrogens with one attached hydrogen (secondary N) is 3. The Balaban J connectivity index is 2.07. The molecule has 1 heterocycles. The van der Waals surface area contributed by atoms with Gasteiger partial charge in [0.15, 0.2) is 5.11 Å². The molecule has 0 radical (unpaired) electrons. The first-order chi connectivity index (χ1) is 12.3. The molecule has 1 aliphatic heterocycles. The van der Waals surface area contributed by atoms with Crippen LogP contribution >= 0.6 is 12.2 Å². The van der Waals surface area contributed by atoms with E-state index in [1.54, 1.807) is 4.90 Å². The van der Waals surface area contributed by atoms with Crippen molar-refractivity contribution in [3.63, 3.8) is 0 Å². The quantitative estimate of drug-likeness (QED) is 0.642. The Labute approximate surface area is 165 Å². The Kier molecular flexibility index (Phi) is 7.86. The van der Waals surface area contributed by atoms with Crippen molar-refractivity contribution in [2.45, 2.75) is 52.6 Å². The lowest BCUT2D eigenvalue weighted by Gasteiger charge is -2.39. The number of piperidine rings is 1. The highest BCUT2D eigenvalue weighted by Crippen LogP contribution is 2.17. The molecule has 0 saturated carbocycles. The minimum absolute atomic E-state index is 0.558. The van der Waals surface area contributed by atoms with E-state index < -0.39 is 0 Å². The summed E-state index contributed by atoms with van der Waals surface area (Å²) in [5, 5.41) is 4.40. The third kappa shape index (κ3) is 6.22. The second-order valence-electron chi connectivity index (χ2n) is 8.50. The van der Waals surface area contributed by atoms with Crippen molar-refractivity contribution in [2.75, 3.05) is 45.6 Å². The molecule has 0 atom stereocenters. The van der Waals surface area contributed by atoms with Gasteiger partial charge in [-0.15, -0.1) is 0 Å². The fourth-order valence-corrected chi connectivity index (χ4v) is 4.26. The fraction of sp³-hybridized carbons (Fsp3) is 0.667. The summed E-state index contributed by atoms with van der Waals surface area (Å²) in [7, 11) is 4.42. The molecule has 26 heavy (non-hydrogen) atoms. The maximum absolute atomic E-state index is 5.86. The normalized spacial score (nSPS) is 20.5. The molecule has 0 amide bonds. The Hall–Kier alpha value is -1.17. The van der Waals surface area contributed by atoms with E-state index in [-0.39, 0.29) is 0 Å². The zero-order valence-electron chi connectivity index (χ0n) is 17.5. The van der Waals surface area contributed by atoms with E-state index in [0.717, 1.165) is 29.9 Å². The maximum Gasteiger partial charge on any atom is 0.173 e. The van der Waals surface area contributed by atoms with E-state index in [1.165, 1.54) is 42.0 Å². The summed E-state index contributed by atoms with van der Waals surface area (Å²) < 4.78 is 0. The zero-order chi connectivity index (χ0) is 19.3. The summed E-state index contributed by atoms with van der Waals surface area (Å²) >= 11 is 5.86. The van der Waals surface area contributed by atoms with Gasteiger partial charge in [0.05, 0.1) is 46.3 Å². The molecule has 0 spiro atoms. The second kappa shape index (κ2) is 9.67. The molecule has 1 fully saturated rings. The summed E-state index contributed by atoms with van der Waals surface area (Å²) in [5.41, 5.74) is 3.65. The number of anilines is 1. The number of nitrogens with zero attached hydrogens (tertiary/aromatic N) is 1. The third-order valence-corrected chi connectivity index (χ3v) is 5.78. The Morgan fingerprint density at radius 2 is 1.77 bits per heavy atom. The molecule has 4 nitrogen and oxygen atoms in total. The van der Waals surface area contributed by atoms with Gasteiger partial charge in [-0.05, 0) is 63.2 Å². The van der Waals surface area contributed by atoms with Crippen LogP contribution in [0.25, 0.3) is 0 Å². The number of likely N-dealkylation sites (N-methyl/N-ethyl adjacent to an activating group) is 1. The highest BCUT2D eigenvalue weighted by Gasteiger charge is 2.29. The monoisotopic (exact) mass is 378 g/mol. The van der Waals surface area contributed by atoms with Crippen LogP contribution in [-0.4, -0.2) is 62.4 Å². The van der Waals surface area contributed by atoms with Crippen LogP contribution in [0.4, 0.5) is 5.69 Å². The molecule has 146 valence electrons. The van der Waals surface area contributed by atoms with E-state index in [1.807, 2.05) is 0 Å². The van der Waals surface area contributed by atoms with Gasteiger partial charge in [-0.2, -0.15) is 0 Å². The van der Waals surface area contributed by atoms with Crippen molar-refractivity contribution in [3.8, 4) is 0 Å². The number of likely N-dealkylation sites (tertiary alicyclic amines) is 1. The number of quaternary nitrogens is 2. The number of hydrogen-bond acceptors (Lipinski definition) is 1. The molecule has 0 aromatic heterocycles. The van der Waals surface area contributed by atoms with E-state index >= 15 is 0 Å². The molecule has 0 aliphatic carbocycles. The maximum atomic E-state index is 5.86. The van der Waals surface area contributed by atoms with Crippen LogP contribution in [0, 0.1) is 13.8 Å². The molecule has 1 saturated heterocycles. The number of hydrogen-bond donors (Lipinski definition) is 3. The van der Waals surface area contributed by atoms with Crippen molar-refractivity contribution in [1.82, 2.24) is 4.90 Å². The first-order valence-electron chi connectivity index (χ1n) is 10.1. The van der Waals surface area contributed by atoms with Crippen LogP contribution in [0.5, 0.6) is 0 Å². The van der Waals surface area contributed by atoms with Crippen molar-refractivity contribution >= 4 is 23.0 Å². The molecule has 3 N–H and O–H groups in total. The summed E-state index contributed by atoms with van der Waals surface area (Å²) in [4.78, 5) is 5.65. The molecule has 2 rings (SSSR count). The SMILES string of the molecule is Cc1cc(C)cc(NC(=S)N(CC[NH+](C)C)C2CC[NH+](C(C)C)CC2)c1. The lowest BCUT2D eigenvalue weighted by molar-refractivity contribution is -0.926. The molecular weight excluding hydrogens is 340 g/mol. The molecule has 1 aliphatic rings. The largest absolute Gasteiger partial charge is 0.340 e. The molecule has 5 heteroatoms. The molecule has 0 unspecified atom stereocenters. The Morgan fingerprint density at radius 1 is 1.19 bits per heavy atom. The van der Waals surface area contributed by atoms with Gasteiger partial charge < -0.3 is 20.0 Å². The summed E-state index contributed by atoms with van der Waals surface area (Å²) in [5.74, 6) is 0. The van der Waals surface area contributed by atoms with Gasteiger partial charge in [0.25, 0.3) is 0 Å². The number of rotatable bonds is 6. The first-order valence-corrected chi connectivity index (χ1v) is 10.5. The van der Waals surface area contributed by atoms with Crippen LogP contribution in [0.3, 0.4) is 0 Å². The van der Waals surface area contributed by atoms with E-state index in [0.29, 0.717) is 6.04 Å². The van der Waals surface area contributed by atoms with Crippen molar-refractivity contribution in [3.05, 3.63) is 29.3 Å². The van der Waals surface area contributed by atoms with Crippen molar-refractivity contribution in [1.29, 1.82) is 0 Å².